The highest BCUT2D eigenvalue weighted by Gasteiger charge is 2.24. The average molecular weight is 204 g/mol. The van der Waals surface area contributed by atoms with Gasteiger partial charge in [-0.25, -0.2) is 0 Å². The molecule has 0 rings (SSSR count). The molecule has 3 N–H and O–H groups in total. The smallest absolute Gasteiger partial charge is 0.226 e. The Morgan fingerprint density at radius 3 is 2.62 bits per heavy atom. The molecule has 0 aliphatic rings. The van der Waals surface area contributed by atoms with E-state index < -0.39 is 5.41 Å². The Morgan fingerprint density at radius 1 is 1.54 bits per heavy atom. The van der Waals surface area contributed by atoms with Gasteiger partial charge in [0.05, 0.1) is 5.41 Å². The quantitative estimate of drug-likeness (QED) is 0.630. The van der Waals surface area contributed by atoms with Gasteiger partial charge >= 0.3 is 0 Å². The Bertz CT molecular complexity index is 160. The summed E-state index contributed by atoms with van der Waals surface area (Å²) in [6.45, 7) is 4.86. The molecule has 0 aliphatic heterocycles. The second kappa shape index (κ2) is 6.27. The van der Waals surface area contributed by atoms with E-state index in [1.807, 2.05) is 13.8 Å². The Kier molecular flexibility index (Phi) is 6.16. The van der Waals surface area contributed by atoms with Gasteiger partial charge in [-0.1, -0.05) is 0 Å². The van der Waals surface area contributed by atoms with E-state index in [2.05, 4.69) is 11.6 Å². The molecule has 13 heavy (non-hydrogen) atoms. The van der Waals surface area contributed by atoms with Crippen LogP contribution in [0.3, 0.4) is 0 Å². The number of nitrogens with two attached hydrogens (primary N) is 1. The minimum absolute atomic E-state index is 0.0519. The summed E-state index contributed by atoms with van der Waals surface area (Å²) in [7, 11) is 0. The third kappa shape index (κ3) is 5.16. The molecule has 78 valence electrons. The maximum Gasteiger partial charge on any atom is 0.226 e. The van der Waals surface area contributed by atoms with Crippen molar-refractivity contribution in [1.29, 1.82) is 0 Å². The summed E-state index contributed by atoms with van der Waals surface area (Å²) in [6, 6.07) is 0. The SMILES string of the molecule is CSCCCNC(=O)C(C)(C)CN. The van der Waals surface area contributed by atoms with Crippen LogP contribution in [0.25, 0.3) is 0 Å². The number of carbonyl (C=O) groups excluding carboxylic acids is 1. The standard InChI is InChI=1S/C9H20N2OS/c1-9(2,7-10)8(12)11-5-4-6-13-3/h4-7,10H2,1-3H3,(H,11,12). The summed E-state index contributed by atoms with van der Waals surface area (Å²) in [5, 5.41) is 2.88. The molecular weight excluding hydrogens is 184 g/mol. The summed E-state index contributed by atoms with van der Waals surface area (Å²) in [5.41, 5.74) is 5.04. The van der Waals surface area contributed by atoms with Crippen LogP contribution in [0.1, 0.15) is 20.3 Å². The maximum atomic E-state index is 11.5. The van der Waals surface area contributed by atoms with E-state index in [1.165, 1.54) is 0 Å². The van der Waals surface area contributed by atoms with Crippen LogP contribution in [0.2, 0.25) is 0 Å². The summed E-state index contributed by atoms with van der Waals surface area (Å²) in [6.07, 6.45) is 3.08. The molecule has 0 atom stereocenters. The van der Waals surface area contributed by atoms with Crippen molar-refractivity contribution >= 4 is 17.7 Å². The molecular formula is C9H20N2OS. The molecule has 0 heterocycles. The largest absolute Gasteiger partial charge is 0.356 e. The van der Waals surface area contributed by atoms with Gasteiger partial charge in [0.1, 0.15) is 0 Å². The zero-order valence-electron chi connectivity index (χ0n) is 8.72. The van der Waals surface area contributed by atoms with Crippen LogP contribution in [-0.4, -0.2) is 31.0 Å². The van der Waals surface area contributed by atoms with Crippen LogP contribution in [-0.2, 0) is 4.79 Å². The van der Waals surface area contributed by atoms with Gasteiger partial charge in [0, 0.05) is 13.1 Å². The van der Waals surface area contributed by atoms with E-state index in [1.54, 1.807) is 11.8 Å². The second-order valence-corrected chi connectivity index (χ2v) is 4.68. The van der Waals surface area contributed by atoms with E-state index >= 15 is 0 Å². The monoisotopic (exact) mass is 204 g/mol. The third-order valence-corrected chi connectivity index (χ3v) is 2.63. The topological polar surface area (TPSA) is 55.1 Å². The first-order valence-electron chi connectivity index (χ1n) is 4.52. The van der Waals surface area contributed by atoms with E-state index in [-0.39, 0.29) is 5.91 Å². The van der Waals surface area contributed by atoms with Gasteiger partial charge in [0.15, 0.2) is 0 Å². The predicted molar refractivity (Wildman–Crippen MR) is 58.8 cm³/mol. The fraction of sp³-hybridized carbons (Fsp3) is 0.889. The molecule has 0 radical (unpaired) electrons. The number of thioether (sulfide) groups is 1. The molecule has 4 heteroatoms. The lowest BCUT2D eigenvalue weighted by Crippen LogP contribution is -2.42. The van der Waals surface area contributed by atoms with Crippen LogP contribution >= 0.6 is 11.8 Å². The number of rotatable bonds is 6. The van der Waals surface area contributed by atoms with Gasteiger partial charge in [-0.15, -0.1) is 0 Å². The Morgan fingerprint density at radius 2 is 2.15 bits per heavy atom. The fourth-order valence-corrected chi connectivity index (χ4v) is 1.18. The lowest BCUT2D eigenvalue weighted by Gasteiger charge is -2.21. The molecule has 1 amide bonds. The van der Waals surface area contributed by atoms with Gasteiger partial charge in [0.2, 0.25) is 5.91 Å². The highest BCUT2D eigenvalue weighted by Crippen LogP contribution is 2.11. The molecule has 0 aromatic carbocycles. The summed E-state index contributed by atoms with van der Waals surface area (Å²) in [5.74, 6) is 1.14. The first-order chi connectivity index (χ1) is 6.04. The number of hydrogen-bond acceptors (Lipinski definition) is 3. The van der Waals surface area contributed by atoms with Crippen molar-refractivity contribution in [2.75, 3.05) is 25.1 Å². The summed E-state index contributed by atoms with van der Waals surface area (Å²) in [4.78, 5) is 11.5. The van der Waals surface area contributed by atoms with Crippen molar-refractivity contribution in [3.63, 3.8) is 0 Å². The van der Waals surface area contributed by atoms with E-state index in [0.29, 0.717) is 6.54 Å². The molecule has 0 fully saturated rings. The van der Waals surface area contributed by atoms with Gasteiger partial charge in [-0.3, -0.25) is 4.79 Å². The van der Waals surface area contributed by atoms with Gasteiger partial charge in [-0.05, 0) is 32.3 Å². The normalized spacial score (nSPS) is 11.4. The van der Waals surface area contributed by atoms with Crippen LogP contribution in [0, 0.1) is 5.41 Å². The van der Waals surface area contributed by atoms with Crippen molar-refractivity contribution < 1.29 is 4.79 Å². The van der Waals surface area contributed by atoms with Crippen molar-refractivity contribution in [3.8, 4) is 0 Å². The van der Waals surface area contributed by atoms with Crippen LogP contribution in [0.15, 0.2) is 0 Å². The lowest BCUT2D eigenvalue weighted by atomic mass is 9.93. The van der Waals surface area contributed by atoms with E-state index in [0.717, 1.165) is 18.7 Å². The first kappa shape index (κ1) is 12.8. The number of nitrogens with one attached hydrogen (secondary N) is 1. The zero-order valence-corrected chi connectivity index (χ0v) is 9.54. The molecule has 0 saturated heterocycles. The number of hydrogen-bond donors (Lipinski definition) is 2. The van der Waals surface area contributed by atoms with Crippen molar-refractivity contribution in [2.24, 2.45) is 11.1 Å². The molecule has 0 bridgehead atoms. The summed E-state index contributed by atoms with van der Waals surface area (Å²) < 4.78 is 0. The van der Waals surface area contributed by atoms with Crippen LogP contribution < -0.4 is 11.1 Å². The molecule has 0 aromatic rings. The Labute approximate surface area is 84.8 Å². The summed E-state index contributed by atoms with van der Waals surface area (Å²) >= 11 is 1.79. The first-order valence-corrected chi connectivity index (χ1v) is 5.91. The minimum Gasteiger partial charge on any atom is -0.356 e. The molecule has 0 spiro atoms. The van der Waals surface area contributed by atoms with E-state index in [9.17, 15) is 4.79 Å². The average Bonchev–Trinajstić information content (AvgIpc) is 2.12. The fourth-order valence-electron chi connectivity index (χ4n) is 0.750. The van der Waals surface area contributed by atoms with Crippen LogP contribution in [0.5, 0.6) is 0 Å². The van der Waals surface area contributed by atoms with Gasteiger partial charge < -0.3 is 11.1 Å². The maximum absolute atomic E-state index is 11.5. The van der Waals surface area contributed by atoms with Gasteiger partial charge in [0.25, 0.3) is 0 Å². The highest BCUT2D eigenvalue weighted by molar-refractivity contribution is 7.98. The number of amides is 1. The third-order valence-electron chi connectivity index (χ3n) is 1.94. The molecule has 0 saturated carbocycles. The minimum atomic E-state index is -0.431. The second-order valence-electron chi connectivity index (χ2n) is 3.69. The molecule has 3 nitrogen and oxygen atoms in total. The predicted octanol–water partition coefficient (Wildman–Crippen LogP) is 0.841. The number of carbonyl (C=O) groups is 1. The van der Waals surface area contributed by atoms with Crippen molar-refractivity contribution in [2.45, 2.75) is 20.3 Å². The van der Waals surface area contributed by atoms with Crippen molar-refractivity contribution in [1.82, 2.24) is 5.32 Å². The Hall–Kier alpha value is -0.220. The molecule has 0 unspecified atom stereocenters. The van der Waals surface area contributed by atoms with E-state index in [4.69, 9.17) is 5.73 Å². The molecule has 0 aromatic heterocycles. The Balaban J connectivity index is 3.62. The van der Waals surface area contributed by atoms with Crippen LogP contribution in [0.4, 0.5) is 0 Å². The highest BCUT2D eigenvalue weighted by atomic mass is 32.2. The lowest BCUT2D eigenvalue weighted by molar-refractivity contribution is -0.128. The zero-order chi connectivity index (χ0) is 10.3. The molecule has 0 aliphatic carbocycles. The van der Waals surface area contributed by atoms with Gasteiger partial charge in [-0.2, -0.15) is 11.8 Å². The van der Waals surface area contributed by atoms with Crippen molar-refractivity contribution in [3.05, 3.63) is 0 Å².